The lowest BCUT2D eigenvalue weighted by molar-refractivity contribution is 0.559. The lowest BCUT2D eigenvalue weighted by atomic mass is 10.2. The summed E-state index contributed by atoms with van der Waals surface area (Å²) in [6, 6.07) is 54.1. The summed E-state index contributed by atoms with van der Waals surface area (Å²) in [6.45, 7) is 112. The molecule has 0 N–H and O–H groups in total. The molecule has 0 unspecified atom stereocenters. The van der Waals surface area contributed by atoms with Crippen LogP contribution in [0.3, 0.4) is 0 Å². The van der Waals surface area contributed by atoms with Gasteiger partial charge < -0.3 is 8.23 Å². The molecule has 0 saturated heterocycles. The highest BCUT2D eigenvalue weighted by Gasteiger charge is 2.48. The standard InChI is InChI=1S/C20H40Si4.C19H38OSi4.C14H24Si2.C13H22OSi2.C13H22Si2.C11H16Si/c1-11-19-12-14-20(15-13-19)24(16-21(2,3)4,17-22(5,6)7)18-23(8,9)10;1-11-18-12-14-19(15-13-18)24(16-21(2,3)4,17-22(5,6)7)20-23(8,9)10;1-7-13-8-10-14(11-9-13)16(5,6)12-15(2,3)4;1-7-12-8-10-13(11-9-12)16(5,6)14-15(2,3)4;1-7-12-8-10-13(11-9-12)15(5,6)14(2,3)4;1-5-10-6-8-11(9-7-10)12(2,3)4/h11-15H,1,16-18H2,2-10H3;11-15H,1,16-17H2,2-10H3;7-11H,1,12H2,2-6H3;7-11H,1H2,2-6H3;7-11H,1H2,2-6H3;5-9H,1H2,2-4H3. The third kappa shape index (κ3) is 40.0. The summed E-state index contributed by atoms with van der Waals surface area (Å²) in [5.74, 6) is 0. The molecule has 0 fully saturated rings. The minimum Gasteiger partial charge on any atom is -0.452 e. The summed E-state index contributed by atoms with van der Waals surface area (Å²) in [4.78, 5) is 0. The van der Waals surface area contributed by atoms with E-state index >= 15 is 0 Å². The molecule has 6 aromatic carbocycles. The summed E-state index contributed by atoms with van der Waals surface area (Å²) < 4.78 is 13.5. The van der Waals surface area contributed by atoms with Crippen molar-refractivity contribution in [2.45, 2.75) is 270 Å². The second kappa shape index (κ2) is 41.3. The van der Waals surface area contributed by atoms with E-state index in [-0.39, 0.29) is 0 Å². The van der Waals surface area contributed by atoms with E-state index in [0.29, 0.717) is 0 Å². The average molecular weight is 1700 g/mol. The summed E-state index contributed by atoms with van der Waals surface area (Å²) >= 11 is 0. The van der Waals surface area contributed by atoms with Gasteiger partial charge in [0.25, 0.3) is 0 Å². The Labute approximate surface area is 679 Å². The highest BCUT2D eigenvalue weighted by atomic mass is 29.3. The molecule has 0 saturated carbocycles. The molecule has 0 aliphatic rings. The van der Waals surface area contributed by atoms with Gasteiger partial charge in [0.2, 0.25) is 16.6 Å². The minimum absolute atomic E-state index is 0.956. The molecule has 0 aliphatic carbocycles. The summed E-state index contributed by atoms with van der Waals surface area (Å²) in [7, 11) is -19.6. The zero-order valence-corrected chi connectivity index (χ0v) is 91.1. The quantitative estimate of drug-likeness (QED) is 0.0436. The van der Waals surface area contributed by atoms with Crippen molar-refractivity contribution >= 4 is 189 Å². The first-order chi connectivity index (χ1) is 48.1. The van der Waals surface area contributed by atoms with E-state index < -0.39 is 121 Å². The molecule has 0 spiro atoms. The molecule has 0 aromatic heterocycles. The van der Waals surface area contributed by atoms with Crippen molar-refractivity contribution in [3.63, 3.8) is 0 Å². The van der Waals surface area contributed by atoms with Crippen molar-refractivity contribution < 1.29 is 8.23 Å². The van der Waals surface area contributed by atoms with E-state index in [9.17, 15) is 0 Å². The Balaban J connectivity index is 0.000000652. The van der Waals surface area contributed by atoms with E-state index in [4.69, 9.17) is 8.23 Å². The van der Waals surface area contributed by atoms with Crippen LogP contribution in [0.1, 0.15) is 33.4 Å². The monoisotopic (exact) mass is 1690 g/mol. The lowest BCUT2D eigenvalue weighted by Gasteiger charge is -2.44. The molecule has 0 amide bonds. The van der Waals surface area contributed by atoms with Gasteiger partial charge >= 0.3 is 0 Å². The highest BCUT2D eigenvalue weighted by molar-refractivity contribution is 7.45. The van der Waals surface area contributed by atoms with Gasteiger partial charge in [-0.3, -0.25) is 0 Å². The van der Waals surface area contributed by atoms with Gasteiger partial charge in [-0.25, -0.2) is 0 Å². The van der Waals surface area contributed by atoms with Gasteiger partial charge in [-0.15, -0.1) is 0 Å². The maximum atomic E-state index is 7.16. The Bertz CT molecular complexity index is 3410. The second-order valence-electron chi connectivity index (χ2n) is 43.6. The average Bonchev–Trinajstić information content (AvgIpc) is 0.797. The van der Waals surface area contributed by atoms with Crippen LogP contribution in [-0.4, -0.2) is 121 Å². The van der Waals surface area contributed by atoms with Gasteiger partial charge in [-0.2, -0.15) is 0 Å². The number of rotatable bonds is 29. The topological polar surface area (TPSA) is 18.5 Å². The molecular weight excluding hydrogens is 1530 g/mol. The molecule has 594 valence electrons. The Morgan fingerprint density at radius 2 is 0.458 bits per heavy atom. The Hall–Kier alpha value is -3.07. The predicted molar refractivity (Wildman–Crippen MR) is 545 cm³/mol. The largest absolute Gasteiger partial charge is 0.452 e. The van der Waals surface area contributed by atoms with Gasteiger partial charge in [-0.1, -0.05) is 448 Å². The Morgan fingerprint density at radius 3 is 0.682 bits per heavy atom. The molecule has 0 atom stereocenters. The summed E-state index contributed by atoms with van der Waals surface area (Å²) in [5, 5.41) is 9.29. The van der Waals surface area contributed by atoms with Crippen molar-refractivity contribution in [2.24, 2.45) is 0 Å². The smallest absolute Gasteiger partial charge is 0.206 e. The first-order valence-corrected chi connectivity index (χ1v) is 91.0. The summed E-state index contributed by atoms with van der Waals surface area (Å²) in [5.41, 5.74) is 16.1. The molecule has 0 bridgehead atoms. The van der Waals surface area contributed by atoms with Gasteiger partial charge in [0.15, 0.2) is 16.6 Å². The molecule has 17 heteroatoms. The van der Waals surface area contributed by atoms with E-state index in [0.717, 1.165) is 0 Å². The number of hydrogen-bond donors (Lipinski definition) is 0. The van der Waals surface area contributed by atoms with E-state index in [1.807, 2.05) is 36.5 Å². The zero-order valence-electron chi connectivity index (χ0n) is 76.1. The Kier molecular flexibility index (Phi) is 39.3. The van der Waals surface area contributed by atoms with Crippen LogP contribution >= 0.6 is 0 Å². The van der Waals surface area contributed by atoms with Crippen molar-refractivity contribution in [3.8, 4) is 0 Å². The first kappa shape index (κ1) is 102. The molecular formula is C90H162O2Si15. The molecule has 6 aromatic rings. The normalized spacial score (nSPS) is 13.0. The fourth-order valence-corrected chi connectivity index (χ4v) is 98.6. The third-order valence-electron chi connectivity index (χ3n) is 19.2. The molecule has 0 aliphatic heterocycles. The van der Waals surface area contributed by atoms with Gasteiger partial charge in [0.1, 0.15) is 0 Å². The maximum absolute atomic E-state index is 7.16. The van der Waals surface area contributed by atoms with Gasteiger partial charge in [0.05, 0.1) is 31.8 Å². The van der Waals surface area contributed by atoms with Crippen LogP contribution in [0.5, 0.6) is 0 Å². The zero-order chi connectivity index (χ0) is 83.3. The fourth-order valence-electron chi connectivity index (χ4n) is 15.1. The molecule has 0 heterocycles. The molecule has 107 heavy (non-hydrogen) atoms. The number of hydrogen-bond acceptors (Lipinski definition) is 2. The maximum Gasteiger partial charge on any atom is 0.206 e. The second-order valence-corrected chi connectivity index (χ2v) is 128. The summed E-state index contributed by atoms with van der Waals surface area (Å²) in [6.07, 6.45) is 11.5. The van der Waals surface area contributed by atoms with Crippen LogP contribution in [0.25, 0.3) is 36.5 Å². The molecule has 0 radical (unpaired) electrons. The van der Waals surface area contributed by atoms with E-state index in [1.54, 1.807) is 32.6 Å². The first-order valence-electron chi connectivity index (χ1n) is 39.9. The van der Waals surface area contributed by atoms with Crippen LogP contribution in [0.4, 0.5) is 0 Å². The minimum atomic E-state index is -1.96. The molecule has 6 rings (SSSR count). The van der Waals surface area contributed by atoms with Crippen LogP contribution in [0.2, 0.25) is 270 Å². The SMILES string of the molecule is C=Cc1ccc([Si](C)(C)C)cc1.C=Cc1ccc([Si](C)(C)C[Si](C)(C)C)cc1.C=Cc1ccc([Si](C)(C)O[Si](C)(C)C)cc1.C=Cc1ccc([Si](C)(C)[Si](C)(C)C)cc1.C=Cc1ccc([Si](C[Si](C)(C)C)(C[Si](C)(C)C)C[Si](C)(C)C)cc1.C=Cc1ccc([Si](C[Si](C)(C)C)(C[Si](C)(C)C)O[Si](C)(C)C)cc1. The van der Waals surface area contributed by atoms with Gasteiger partial charge in [0, 0.05) is 56.0 Å². The van der Waals surface area contributed by atoms with Crippen LogP contribution in [-0.2, 0) is 8.23 Å². The Morgan fingerprint density at radius 1 is 0.234 bits per heavy atom. The fraction of sp³-hybridized carbons (Fsp3) is 0.467. The van der Waals surface area contributed by atoms with Crippen LogP contribution in [0.15, 0.2) is 185 Å². The lowest BCUT2D eigenvalue weighted by Crippen LogP contribution is -2.62. The van der Waals surface area contributed by atoms with E-state index in [1.165, 1.54) is 65.9 Å². The third-order valence-corrected chi connectivity index (χ3v) is 95.7. The van der Waals surface area contributed by atoms with Crippen molar-refractivity contribution in [1.29, 1.82) is 0 Å². The van der Waals surface area contributed by atoms with Gasteiger partial charge in [-0.05, 0) is 107 Å². The van der Waals surface area contributed by atoms with Crippen LogP contribution < -0.4 is 31.1 Å². The van der Waals surface area contributed by atoms with Crippen molar-refractivity contribution in [2.75, 3.05) is 0 Å². The van der Waals surface area contributed by atoms with E-state index in [2.05, 4.69) is 421 Å². The van der Waals surface area contributed by atoms with Crippen molar-refractivity contribution in [3.05, 3.63) is 218 Å². The highest BCUT2D eigenvalue weighted by Crippen LogP contribution is 2.36. The molecule has 2 nitrogen and oxygen atoms in total. The van der Waals surface area contributed by atoms with Crippen LogP contribution in [0, 0.1) is 0 Å². The van der Waals surface area contributed by atoms with Crippen molar-refractivity contribution in [1.82, 2.24) is 0 Å². The number of benzene rings is 6. The predicted octanol–water partition coefficient (Wildman–Crippen LogP) is 27.0.